The topological polar surface area (TPSA) is 65.2 Å². The van der Waals surface area contributed by atoms with E-state index in [4.69, 9.17) is 0 Å². The van der Waals surface area contributed by atoms with Gasteiger partial charge in [-0.3, -0.25) is 9.98 Å². The van der Waals surface area contributed by atoms with Gasteiger partial charge in [-0.1, -0.05) is 24.3 Å². The summed E-state index contributed by atoms with van der Waals surface area (Å²) in [5, 5.41) is 19.6. The van der Waals surface area contributed by atoms with Crippen LogP contribution in [0, 0.1) is 0 Å². The van der Waals surface area contributed by atoms with E-state index in [2.05, 4.69) is 9.98 Å². The normalized spacial score (nSPS) is 21.5. The fraction of sp³-hybridized carbons (Fsp3) is 0.300. The highest BCUT2D eigenvalue weighted by Crippen LogP contribution is 2.24. The first-order valence-electron chi connectivity index (χ1n) is 8.35. The third-order valence-corrected chi connectivity index (χ3v) is 4.34. The maximum absolute atomic E-state index is 9.79. The summed E-state index contributed by atoms with van der Waals surface area (Å²) in [6.07, 6.45) is 7.60. The number of nitrogens with zero attached hydrogens (tertiary/aromatic N) is 2. The average Bonchev–Trinajstić information content (AvgIpc) is 2.61. The van der Waals surface area contributed by atoms with Gasteiger partial charge in [0, 0.05) is 23.6 Å². The van der Waals surface area contributed by atoms with Crippen molar-refractivity contribution in [3.05, 3.63) is 59.7 Å². The molecule has 0 saturated heterocycles. The Labute approximate surface area is 142 Å². The molecule has 0 aromatic heterocycles. The van der Waals surface area contributed by atoms with Gasteiger partial charge in [0.05, 0.1) is 12.1 Å². The lowest BCUT2D eigenvalue weighted by molar-refractivity contribution is 0.397. The number of phenols is 2. The molecule has 0 amide bonds. The summed E-state index contributed by atoms with van der Waals surface area (Å²) in [6.45, 7) is 0. The van der Waals surface area contributed by atoms with Crippen LogP contribution in [0.2, 0.25) is 0 Å². The lowest BCUT2D eigenvalue weighted by atomic mass is 9.91. The Hall–Kier alpha value is -2.62. The summed E-state index contributed by atoms with van der Waals surface area (Å²) in [5.74, 6) is 0.511. The molecule has 1 aliphatic rings. The second-order valence-corrected chi connectivity index (χ2v) is 6.15. The van der Waals surface area contributed by atoms with Gasteiger partial charge in [0.1, 0.15) is 11.5 Å². The molecular formula is C20H22N2O2. The van der Waals surface area contributed by atoms with Crippen molar-refractivity contribution in [2.75, 3.05) is 0 Å². The molecule has 1 aliphatic carbocycles. The van der Waals surface area contributed by atoms with E-state index < -0.39 is 0 Å². The predicted molar refractivity (Wildman–Crippen MR) is 97.4 cm³/mol. The van der Waals surface area contributed by atoms with E-state index in [-0.39, 0.29) is 23.6 Å². The second-order valence-electron chi connectivity index (χ2n) is 6.15. The summed E-state index contributed by atoms with van der Waals surface area (Å²) in [4.78, 5) is 9.26. The summed E-state index contributed by atoms with van der Waals surface area (Å²) < 4.78 is 0. The van der Waals surface area contributed by atoms with Gasteiger partial charge in [0.15, 0.2) is 0 Å². The third kappa shape index (κ3) is 4.22. The maximum Gasteiger partial charge on any atom is 0.124 e. The van der Waals surface area contributed by atoms with Gasteiger partial charge >= 0.3 is 0 Å². The van der Waals surface area contributed by atoms with E-state index in [0.717, 1.165) is 36.8 Å². The SMILES string of the molecule is Oc1ccccc1C=NC1CCCC(N=Cc2ccccc2O)C1. The quantitative estimate of drug-likeness (QED) is 0.837. The van der Waals surface area contributed by atoms with Crippen LogP contribution >= 0.6 is 0 Å². The van der Waals surface area contributed by atoms with Crippen molar-refractivity contribution >= 4 is 12.4 Å². The van der Waals surface area contributed by atoms with Gasteiger partial charge in [0.25, 0.3) is 0 Å². The molecule has 0 spiro atoms. The van der Waals surface area contributed by atoms with Crippen molar-refractivity contribution in [3.63, 3.8) is 0 Å². The van der Waals surface area contributed by atoms with Gasteiger partial charge in [-0.2, -0.15) is 0 Å². The molecule has 0 bridgehead atoms. The van der Waals surface area contributed by atoms with E-state index in [1.54, 1.807) is 36.7 Å². The first-order chi connectivity index (χ1) is 11.7. The third-order valence-electron chi connectivity index (χ3n) is 4.34. The molecule has 0 radical (unpaired) electrons. The number of hydrogen-bond acceptors (Lipinski definition) is 4. The van der Waals surface area contributed by atoms with Crippen LogP contribution in [0.3, 0.4) is 0 Å². The van der Waals surface area contributed by atoms with Gasteiger partial charge in [-0.05, 0) is 49.9 Å². The highest BCUT2D eigenvalue weighted by Gasteiger charge is 2.20. The zero-order valence-corrected chi connectivity index (χ0v) is 13.5. The molecule has 2 atom stereocenters. The first kappa shape index (κ1) is 16.2. The van der Waals surface area contributed by atoms with Crippen molar-refractivity contribution in [2.45, 2.75) is 37.8 Å². The molecule has 2 aromatic carbocycles. The number of benzene rings is 2. The monoisotopic (exact) mass is 322 g/mol. The Morgan fingerprint density at radius 3 is 1.67 bits per heavy atom. The van der Waals surface area contributed by atoms with E-state index in [0.29, 0.717) is 0 Å². The molecule has 1 fully saturated rings. The predicted octanol–water partition coefficient (Wildman–Crippen LogP) is 3.95. The van der Waals surface area contributed by atoms with Gasteiger partial charge < -0.3 is 10.2 Å². The minimum atomic E-state index is 0.227. The highest BCUT2D eigenvalue weighted by atomic mass is 16.3. The zero-order valence-electron chi connectivity index (χ0n) is 13.5. The molecule has 2 N–H and O–H groups in total. The van der Waals surface area contributed by atoms with Crippen LogP contribution in [-0.2, 0) is 0 Å². The molecule has 2 unspecified atom stereocenters. The van der Waals surface area contributed by atoms with Crippen LogP contribution in [0.15, 0.2) is 58.5 Å². The fourth-order valence-electron chi connectivity index (χ4n) is 2.97. The average molecular weight is 322 g/mol. The summed E-state index contributed by atoms with van der Waals surface area (Å²) >= 11 is 0. The van der Waals surface area contributed by atoms with Crippen LogP contribution in [0.5, 0.6) is 11.5 Å². The Kier molecular flexibility index (Phi) is 5.26. The molecule has 4 nitrogen and oxygen atoms in total. The minimum absolute atomic E-state index is 0.227. The van der Waals surface area contributed by atoms with E-state index in [1.807, 2.05) is 24.3 Å². The molecule has 1 saturated carbocycles. The first-order valence-corrected chi connectivity index (χ1v) is 8.35. The van der Waals surface area contributed by atoms with Crippen LogP contribution in [-0.4, -0.2) is 34.7 Å². The number of aliphatic imine (C=N–C) groups is 2. The largest absolute Gasteiger partial charge is 0.507 e. The molecule has 124 valence electrons. The lowest BCUT2D eigenvalue weighted by Gasteiger charge is -2.23. The smallest absolute Gasteiger partial charge is 0.124 e. The second kappa shape index (κ2) is 7.77. The number of hydrogen-bond donors (Lipinski definition) is 2. The fourth-order valence-corrected chi connectivity index (χ4v) is 2.97. The zero-order chi connectivity index (χ0) is 16.8. The molecule has 0 heterocycles. The van der Waals surface area contributed by atoms with Crippen molar-refractivity contribution in [1.29, 1.82) is 0 Å². The molecule has 24 heavy (non-hydrogen) atoms. The summed E-state index contributed by atoms with van der Waals surface area (Å²) in [7, 11) is 0. The molecule has 3 rings (SSSR count). The van der Waals surface area contributed by atoms with Crippen LogP contribution in [0.4, 0.5) is 0 Å². The highest BCUT2D eigenvalue weighted by molar-refractivity contribution is 5.84. The van der Waals surface area contributed by atoms with Crippen LogP contribution in [0.1, 0.15) is 36.8 Å². The Bertz CT molecular complexity index is 678. The molecular weight excluding hydrogens is 300 g/mol. The Morgan fingerprint density at radius 2 is 1.21 bits per heavy atom. The van der Waals surface area contributed by atoms with E-state index >= 15 is 0 Å². The Balaban J connectivity index is 1.62. The lowest BCUT2D eigenvalue weighted by Crippen LogP contribution is -2.21. The van der Waals surface area contributed by atoms with Crippen molar-refractivity contribution < 1.29 is 10.2 Å². The number of aromatic hydroxyl groups is 2. The summed E-state index contributed by atoms with van der Waals surface area (Å²) in [5.41, 5.74) is 1.50. The van der Waals surface area contributed by atoms with Crippen molar-refractivity contribution in [3.8, 4) is 11.5 Å². The number of phenolic OH excluding ortho intramolecular Hbond substituents is 2. The number of para-hydroxylation sites is 2. The van der Waals surface area contributed by atoms with Crippen LogP contribution in [0.25, 0.3) is 0 Å². The van der Waals surface area contributed by atoms with Crippen LogP contribution < -0.4 is 0 Å². The van der Waals surface area contributed by atoms with E-state index in [1.165, 1.54) is 0 Å². The molecule has 2 aromatic rings. The summed E-state index contributed by atoms with van der Waals surface area (Å²) in [6, 6.07) is 14.9. The van der Waals surface area contributed by atoms with E-state index in [9.17, 15) is 10.2 Å². The number of rotatable bonds is 4. The van der Waals surface area contributed by atoms with Gasteiger partial charge in [-0.15, -0.1) is 0 Å². The van der Waals surface area contributed by atoms with Crippen molar-refractivity contribution in [2.24, 2.45) is 9.98 Å². The minimum Gasteiger partial charge on any atom is -0.507 e. The molecule has 0 aliphatic heterocycles. The van der Waals surface area contributed by atoms with Crippen molar-refractivity contribution in [1.82, 2.24) is 0 Å². The maximum atomic E-state index is 9.79. The molecule has 4 heteroatoms. The van der Waals surface area contributed by atoms with Gasteiger partial charge in [0.2, 0.25) is 0 Å². The standard InChI is InChI=1S/C20H22N2O2/c23-19-10-3-1-6-15(19)13-21-17-8-5-9-18(12-17)22-14-16-7-2-4-11-20(16)24/h1-4,6-7,10-11,13-14,17-18,23-24H,5,8-9,12H2. The van der Waals surface area contributed by atoms with Gasteiger partial charge in [-0.25, -0.2) is 0 Å². The Morgan fingerprint density at radius 1 is 0.750 bits per heavy atom.